The van der Waals surface area contributed by atoms with Gasteiger partial charge < -0.3 is 109 Å². The Kier molecular flexibility index (Phi) is 18.3. The van der Waals surface area contributed by atoms with E-state index in [9.17, 15) is 79.4 Å². The molecule has 5 aliphatic heterocycles. The minimum Gasteiger partial charge on any atom is -0.394 e. The summed E-state index contributed by atoms with van der Waals surface area (Å²) in [6.07, 6.45) is -27.5. The first kappa shape index (κ1) is 61.3. The molecule has 32 atom stereocenters. The van der Waals surface area contributed by atoms with Crippen LogP contribution < -0.4 is 0 Å². The second-order valence-corrected chi connectivity index (χ2v) is 25.4. The molecule has 27 heteroatoms. The van der Waals surface area contributed by atoms with Crippen LogP contribution in [-0.4, -0.2) is 246 Å². The molecule has 4 aliphatic carbocycles. The number of aliphatic hydroxyl groups excluding tert-OH is 12. The molecule has 5 heterocycles. The summed E-state index contributed by atoms with van der Waals surface area (Å²) in [6.45, 7) is 9.85. The summed E-state index contributed by atoms with van der Waals surface area (Å²) in [5, 5.41) is 139. The second-order valence-electron chi connectivity index (χ2n) is 24.4. The summed E-state index contributed by atoms with van der Waals surface area (Å²) >= 11 is 0. The highest BCUT2D eigenvalue weighted by molar-refractivity contribution is 7.80. The van der Waals surface area contributed by atoms with Crippen LogP contribution >= 0.6 is 0 Å². The zero-order valence-corrected chi connectivity index (χ0v) is 45.5. The van der Waals surface area contributed by atoms with E-state index in [2.05, 4.69) is 19.9 Å². The van der Waals surface area contributed by atoms with E-state index >= 15 is 0 Å². The van der Waals surface area contributed by atoms with Crippen LogP contribution in [0.1, 0.15) is 92.9 Å². The van der Waals surface area contributed by atoms with E-state index in [1.54, 1.807) is 0 Å². The van der Waals surface area contributed by atoms with Crippen molar-refractivity contribution in [3.63, 3.8) is 0 Å². The first-order valence-electron chi connectivity index (χ1n) is 27.5. The van der Waals surface area contributed by atoms with Gasteiger partial charge >= 0.3 is 10.4 Å². The maximum absolute atomic E-state index is 12.3. The fourth-order valence-electron chi connectivity index (χ4n) is 15.3. The zero-order chi connectivity index (χ0) is 56.9. The quantitative estimate of drug-likeness (QED) is 0.0535. The summed E-state index contributed by atoms with van der Waals surface area (Å²) in [5.41, 5.74) is -0.234. The number of aliphatic hydroxyl groups is 13. The largest absolute Gasteiger partial charge is 0.397 e. The molecule has 0 aromatic rings. The zero-order valence-electron chi connectivity index (χ0n) is 44.7. The van der Waals surface area contributed by atoms with Gasteiger partial charge in [0.1, 0.15) is 85.5 Å². The molecule has 3 saturated carbocycles. The van der Waals surface area contributed by atoms with Gasteiger partial charge in [-0.15, -0.1) is 0 Å². The van der Waals surface area contributed by atoms with E-state index in [0.717, 1.165) is 12.0 Å². The molecule has 0 aromatic heterocycles. The fraction of sp³-hybridized carbons (Fsp3) is 0.961. The Balaban J connectivity index is 0.961. The maximum atomic E-state index is 12.3. The maximum Gasteiger partial charge on any atom is 0.397 e. The Hall–Kier alpha value is -1.27. The van der Waals surface area contributed by atoms with E-state index in [0.29, 0.717) is 25.7 Å². The van der Waals surface area contributed by atoms with Crippen LogP contribution in [0.15, 0.2) is 11.6 Å². The number of ether oxygens (including phenoxy) is 9. The fourth-order valence-corrected chi connectivity index (χ4v) is 15.8. The molecule has 5 saturated heterocycles. The molecule has 78 heavy (non-hydrogen) atoms. The molecular weight excluding hydrogens is 1060 g/mol. The van der Waals surface area contributed by atoms with Gasteiger partial charge in [-0.05, 0) is 87.4 Å². The van der Waals surface area contributed by atoms with Gasteiger partial charge in [-0.25, -0.2) is 4.18 Å². The number of rotatable bonds is 16. The molecule has 26 nitrogen and oxygen atoms in total. The van der Waals surface area contributed by atoms with Gasteiger partial charge in [-0.3, -0.25) is 4.55 Å². The topological polar surface area (TPSA) is 410 Å². The number of fused-ring (bicyclic) bond motifs is 7. The minimum atomic E-state index is -5.20. The Morgan fingerprint density at radius 2 is 1.28 bits per heavy atom. The van der Waals surface area contributed by atoms with Gasteiger partial charge in [0.15, 0.2) is 30.9 Å². The van der Waals surface area contributed by atoms with Crippen LogP contribution in [0.2, 0.25) is 0 Å². The highest BCUT2D eigenvalue weighted by Gasteiger charge is 2.69. The molecule has 14 N–H and O–H groups in total. The number of hydrogen-bond donors (Lipinski definition) is 14. The van der Waals surface area contributed by atoms with Crippen molar-refractivity contribution in [3.8, 4) is 0 Å². The van der Waals surface area contributed by atoms with Crippen LogP contribution in [0.5, 0.6) is 0 Å². The molecule has 8 fully saturated rings. The van der Waals surface area contributed by atoms with Gasteiger partial charge in [0.2, 0.25) is 0 Å². The third-order valence-electron chi connectivity index (χ3n) is 19.8. The van der Waals surface area contributed by atoms with Crippen molar-refractivity contribution in [1.82, 2.24) is 0 Å². The molecule has 0 aromatic carbocycles. The van der Waals surface area contributed by atoms with Gasteiger partial charge in [0.25, 0.3) is 0 Å². The summed E-state index contributed by atoms with van der Waals surface area (Å²) in [4.78, 5) is 0. The number of allylic oxidation sites excluding steroid dienone is 1. The monoisotopic (exact) mass is 1140 g/mol. The highest BCUT2D eigenvalue weighted by atomic mass is 32.3. The lowest BCUT2D eigenvalue weighted by atomic mass is 9.46. The molecule has 0 radical (unpaired) electrons. The summed E-state index contributed by atoms with van der Waals surface area (Å²) in [6, 6.07) is 0. The van der Waals surface area contributed by atoms with Gasteiger partial charge in [-0.1, -0.05) is 39.3 Å². The Labute approximate surface area is 453 Å². The first-order valence-corrected chi connectivity index (χ1v) is 28.9. The molecule has 450 valence electrons. The summed E-state index contributed by atoms with van der Waals surface area (Å²) in [5.74, 6) is -1.91. The molecule has 0 unspecified atom stereocenters. The standard InChI is InChI=1S/C51H84O26S/c1-19(18-68-45-39(60)37(58)34(55)29(16-52)72-45)9-12-51(64)20(2)32-28(76-51)15-27-25-8-7-23-13-24(71-47-41(62)38(59)35(56)30(17-53)73-47)14-31(50(23,6)26(25)10-11-49(27,32)5)74-48-44(42(63)43(22(4)70-48)77-78(65,66)67)75-46-40(61)36(57)33(54)21(3)69-46/h7,19-22,24-48,52-64H,8-18H2,1-6H3,(H,65,66,67)/t19-,20+,21+,22-,24-,25-,26+,27+,28+,29-,30-,31-,32+,33+,34-,35-,36-,37+,38+,39-,40-,41-,42+,43+,44-,45-,46+,47-,48+,49+,50+,51-/m1/s1. The minimum absolute atomic E-state index is 0.0313. The predicted molar refractivity (Wildman–Crippen MR) is 261 cm³/mol. The molecule has 0 amide bonds. The number of hydrogen-bond acceptors (Lipinski definition) is 25. The van der Waals surface area contributed by atoms with Crippen molar-refractivity contribution in [1.29, 1.82) is 0 Å². The summed E-state index contributed by atoms with van der Waals surface area (Å²) in [7, 11) is -5.20. The van der Waals surface area contributed by atoms with Crippen molar-refractivity contribution < 1.29 is 126 Å². The van der Waals surface area contributed by atoms with Gasteiger partial charge in [0, 0.05) is 24.2 Å². The van der Waals surface area contributed by atoms with E-state index in [4.69, 9.17) is 46.8 Å². The van der Waals surface area contributed by atoms with E-state index < -0.39 is 170 Å². The lowest BCUT2D eigenvalue weighted by Crippen LogP contribution is -2.65. The van der Waals surface area contributed by atoms with E-state index in [1.807, 2.05) is 13.8 Å². The summed E-state index contributed by atoms with van der Waals surface area (Å²) < 4.78 is 94.3. The SMILES string of the molecule is C[C@H](CC[C@@]1(O)O[C@H]2C[C@H]3[C@@H]4CC=C5C[C@@H](O[C@@H]6O[C@H](CO)[C@@H](O)[C@H](O)[C@H]6O)C[C@@H](O[C@@H]6O[C@H](C)[C@H](OS(=O)(=O)O)[C@H](O)[C@H]6O[C@@H]6O[C@@H](C)[C@H](O)[C@@H](O)[C@H]6O)[C@]5(C)[C@H]4CC[C@]3(C)[C@H]2[C@@H]1C)CO[C@@H]1O[C@H](CO)[C@@H](O)[C@H](O)[C@H]1O. The van der Waals surface area contributed by atoms with Crippen LogP contribution in [0, 0.1) is 46.3 Å². The smallest absolute Gasteiger partial charge is 0.394 e. The molecular formula is C51H84O26S. The second kappa shape index (κ2) is 23.3. The van der Waals surface area contributed by atoms with Crippen molar-refractivity contribution in [2.75, 3.05) is 19.8 Å². The lowest BCUT2D eigenvalue weighted by molar-refractivity contribution is -0.371. The third kappa shape index (κ3) is 11.2. The molecule has 9 rings (SSSR count). The van der Waals surface area contributed by atoms with Crippen molar-refractivity contribution in [2.45, 2.75) is 240 Å². The first-order chi connectivity index (χ1) is 36.6. The van der Waals surface area contributed by atoms with Crippen LogP contribution in [-0.2, 0) is 57.2 Å². The Bertz CT molecular complexity index is 2190. The molecule has 9 aliphatic rings. The molecule has 0 bridgehead atoms. The predicted octanol–water partition coefficient (Wildman–Crippen LogP) is -3.18. The van der Waals surface area contributed by atoms with Crippen molar-refractivity contribution >= 4 is 10.4 Å². The van der Waals surface area contributed by atoms with Gasteiger partial charge in [-0.2, -0.15) is 8.42 Å². The van der Waals surface area contributed by atoms with Crippen molar-refractivity contribution in [2.24, 2.45) is 46.3 Å². The van der Waals surface area contributed by atoms with E-state index in [-0.39, 0.29) is 72.9 Å². The lowest BCUT2D eigenvalue weighted by Gasteiger charge is -2.61. The highest BCUT2D eigenvalue weighted by Crippen LogP contribution is 2.70. The third-order valence-corrected chi connectivity index (χ3v) is 20.2. The van der Waals surface area contributed by atoms with Crippen LogP contribution in [0.3, 0.4) is 0 Å². The Morgan fingerprint density at radius 3 is 1.91 bits per heavy atom. The van der Waals surface area contributed by atoms with E-state index in [1.165, 1.54) is 13.8 Å². The van der Waals surface area contributed by atoms with Crippen molar-refractivity contribution in [3.05, 3.63) is 11.6 Å². The average molecular weight is 1150 g/mol. The molecule has 0 spiro atoms. The van der Waals surface area contributed by atoms with Crippen LogP contribution in [0.4, 0.5) is 0 Å². The van der Waals surface area contributed by atoms with Gasteiger partial charge in [0.05, 0.1) is 50.3 Å². The Morgan fingerprint density at radius 1 is 0.692 bits per heavy atom. The average Bonchev–Trinajstić information content (AvgIpc) is 3.55. The van der Waals surface area contributed by atoms with Crippen LogP contribution in [0.25, 0.3) is 0 Å². The normalized spacial score (nSPS) is 53.9.